The highest BCUT2D eigenvalue weighted by Crippen LogP contribution is 2.12. The summed E-state index contributed by atoms with van der Waals surface area (Å²) in [4.78, 5) is 11.6. The minimum Gasteiger partial charge on any atom is -0.461 e. The molecule has 1 aromatic rings. The van der Waals surface area contributed by atoms with Gasteiger partial charge in [0.15, 0.2) is 0 Å². The molecule has 4 heteroatoms. The van der Waals surface area contributed by atoms with Gasteiger partial charge in [-0.2, -0.15) is 0 Å². The quantitative estimate of drug-likeness (QED) is 0.827. The van der Waals surface area contributed by atoms with Gasteiger partial charge in [0, 0.05) is 0 Å². The van der Waals surface area contributed by atoms with E-state index in [0.717, 1.165) is 12.0 Å². The van der Waals surface area contributed by atoms with Gasteiger partial charge in [-0.15, -0.1) is 12.4 Å². The molecule has 0 bridgehead atoms. The van der Waals surface area contributed by atoms with Crippen molar-refractivity contribution in [1.82, 2.24) is 0 Å². The molecule has 0 radical (unpaired) electrons. The topological polar surface area (TPSA) is 52.3 Å². The average molecular weight is 244 g/mol. The second kappa shape index (κ2) is 7.25. The lowest BCUT2D eigenvalue weighted by atomic mass is 10.1. The van der Waals surface area contributed by atoms with Gasteiger partial charge in [0.1, 0.15) is 6.04 Å². The van der Waals surface area contributed by atoms with Gasteiger partial charge in [-0.25, -0.2) is 4.79 Å². The smallest absolute Gasteiger partial charge is 0.327 e. The summed E-state index contributed by atoms with van der Waals surface area (Å²) < 4.78 is 5.15. The molecule has 0 amide bonds. The molecule has 0 aromatic heterocycles. The third-order valence-electron chi connectivity index (χ3n) is 2.30. The fourth-order valence-electron chi connectivity index (χ4n) is 1.15. The Morgan fingerprint density at radius 3 is 2.44 bits per heavy atom. The Hall–Kier alpha value is -1.06. The summed E-state index contributed by atoms with van der Waals surface area (Å²) in [5.41, 5.74) is 6.55. The number of hydrogen-bond donors (Lipinski definition) is 1. The first-order chi connectivity index (χ1) is 7.15. The minimum atomic E-state index is -0.680. The van der Waals surface area contributed by atoms with Crippen molar-refractivity contribution < 1.29 is 9.53 Å². The van der Waals surface area contributed by atoms with Crippen LogP contribution in [0.1, 0.15) is 31.9 Å². The predicted molar refractivity (Wildman–Crippen MR) is 66.5 cm³/mol. The molecule has 0 fully saturated rings. The van der Waals surface area contributed by atoms with E-state index in [1.54, 1.807) is 0 Å². The molecule has 0 aliphatic rings. The summed E-state index contributed by atoms with van der Waals surface area (Å²) in [6, 6.07) is 8.55. The third-order valence-corrected chi connectivity index (χ3v) is 2.30. The number of halogens is 1. The van der Waals surface area contributed by atoms with Gasteiger partial charge in [0.25, 0.3) is 0 Å². The van der Waals surface area contributed by atoms with E-state index in [4.69, 9.17) is 10.5 Å². The van der Waals surface area contributed by atoms with Crippen LogP contribution >= 0.6 is 12.4 Å². The zero-order chi connectivity index (χ0) is 11.3. The first-order valence-electron chi connectivity index (χ1n) is 5.16. The largest absolute Gasteiger partial charge is 0.461 e. The summed E-state index contributed by atoms with van der Waals surface area (Å²) in [7, 11) is 0. The summed E-state index contributed by atoms with van der Waals surface area (Å²) in [5, 5.41) is 0. The van der Waals surface area contributed by atoms with Gasteiger partial charge in [0.2, 0.25) is 0 Å². The lowest BCUT2D eigenvalue weighted by Crippen LogP contribution is -2.26. The van der Waals surface area contributed by atoms with Crippen LogP contribution < -0.4 is 5.73 Å². The Labute approximate surface area is 102 Å². The maximum absolute atomic E-state index is 11.6. The van der Waals surface area contributed by atoms with Crippen LogP contribution in [0.4, 0.5) is 0 Å². The van der Waals surface area contributed by atoms with Crippen LogP contribution in [-0.4, -0.2) is 12.1 Å². The zero-order valence-electron chi connectivity index (χ0n) is 9.55. The van der Waals surface area contributed by atoms with Crippen LogP contribution in [0.5, 0.6) is 0 Å². The SMILES string of the molecule is CCC(C)OC(=O)C(N)c1ccccc1.Cl. The third kappa shape index (κ3) is 4.21. The molecule has 0 aliphatic heterocycles. The van der Waals surface area contributed by atoms with Crippen molar-refractivity contribution in [3.05, 3.63) is 35.9 Å². The van der Waals surface area contributed by atoms with Crippen molar-refractivity contribution in [2.24, 2.45) is 5.73 Å². The maximum Gasteiger partial charge on any atom is 0.327 e. The van der Waals surface area contributed by atoms with Crippen molar-refractivity contribution in [2.75, 3.05) is 0 Å². The normalized spacial score (nSPS) is 13.4. The second-order valence-corrected chi connectivity index (χ2v) is 3.54. The van der Waals surface area contributed by atoms with Crippen LogP contribution in [0.15, 0.2) is 30.3 Å². The van der Waals surface area contributed by atoms with E-state index in [-0.39, 0.29) is 24.5 Å². The Bertz CT molecular complexity index is 316. The van der Waals surface area contributed by atoms with Crippen LogP contribution in [-0.2, 0) is 9.53 Å². The molecule has 2 atom stereocenters. The van der Waals surface area contributed by atoms with Gasteiger partial charge in [0.05, 0.1) is 6.10 Å². The molecule has 1 aromatic carbocycles. The molecule has 0 spiro atoms. The predicted octanol–water partition coefficient (Wildman–Crippen LogP) is 2.45. The van der Waals surface area contributed by atoms with E-state index < -0.39 is 6.04 Å². The van der Waals surface area contributed by atoms with Crippen molar-refractivity contribution >= 4 is 18.4 Å². The van der Waals surface area contributed by atoms with Crippen LogP contribution in [0.3, 0.4) is 0 Å². The van der Waals surface area contributed by atoms with Crippen molar-refractivity contribution in [3.8, 4) is 0 Å². The lowest BCUT2D eigenvalue weighted by molar-refractivity contribution is -0.150. The highest BCUT2D eigenvalue weighted by molar-refractivity contribution is 5.85. The highest BCUT2D eigenvalue weighted by atomic mass is 35.5. The van der Waals surface area contributed by atoms with Gasteiger partial charge < -0.3 is 10.5 Å². The molecule has 0 heterocycles. The Morgan fingerprint density at radius 2 is 1.94 bits per heavy atom. The van der Waals surface area contributed by atoms with Crippen LogP contribution in [0.25, 0.3) is 0 Å². The standard InChI is InChI=1S/C12H17NO2.ClH/c1-3-9(2)15-12(14)11(13)10-7-5-4-6-8-10;/h4-9,11H,3,13H2,1-2H3;1H. The Morgan fingerprint density at radius 1 is 1.38 bits per heavy atom. The van der Waals surface area contributed by atoms with E-state index in [1.807, 2.05) is 44.2 Å². The minimum absolute atomic E-state index is 0. The molecule has 16 heavy (non-hydrogen) atoms. The summed E-state index contributed by atoms with van der Waals surface area (Å²) in [6.07, 6.45) is 0.722. The number of nitrogens with two attached hydrogens (primary N) is 1. The van der Waals surface area contributed by atoms with Crippen molar-refractivity contribution in [1.29, 1.82) is 0 Å². The molecule has 0 aliphatic carbocycles. The number of carbonyl (C=O) groups is 1. The van der Waals surface area contributed by atoms with Crippen LogP contribution in [0, 0.1) is 0 Å². The molecule has 2 N–H and O–H groups in total. The van der Waals surface area contributed by atoms with Crippen molar-refractivity contribution in [2.45, 2.75) is 32.4 Å². The number of benzene rings is 1. The van der Waals surface area contributed by atoms with Crippen LogP contribution in [0.2, 0.25) is 0 Å². The highest BCUT2D eigenvalue weighted by Gasteiger charge is 2.18. The van der Waals surface area contributed by atoms with E-state index in [2.05, 4.69) is 0 Å². The van der Waals surface area contributed by atoms with E-state index >= 15 is 0 Å². The molecule has 0 saturated carbocycles. The fraction of sp³-hybridized carbons (Fsp3) is 0.417. The number of ether oxygens (including phenoxy) is 1. The fourth-order valence-corrected chi connectivity index (χ4v) is 1.15. The number of hydrogen-bond acceptors (Lipinski definition) is 3. The molecule has 2 unspecified atom stereocenters. The zero-order valence-corrected chi connectivity index (χ0v) is 10.4. The van der Waals surface area contributed by atoms with Crippen molar-refractivity contribution in [3.63, 3.8) is 0 Å². The molecular formula is C12H18ClNO2. The van der Waals surface area contributed by atoms with Gasteiger partial charge in [-0.05, 0) is 18.9 Å². The lowest BCUT2D eigenvalue weighted by Gasteiger charge is -2.15. The second-order valence-electron chi connectivity index (χ2n) is 3.54. The number of esters is 1. The summed E-state index contributed by atoms with van der Waals surface area (Å²) in [6.45, 7) is 3.82. The van der Waals surface area contributed by atoms with Gasteiger partial charge in [-0.1, -0.05) is 37.3 Å². The Kier molecular flexibility index (Phi) is 6.77. The van der Waals surface area contributed by atoms with Gasteiger partial charge >= 0.3 is 5.97 Å². The first-order valence-corrected chi connectivity index (χ1v) is 5.16. The Balaban J connectivity index is 0.00000225. The number of carbonyl (C=O) groups excluding carboxylic acids is 1. The average Bonchev–Trinajstić information content (AvgIpc) is 2.29. The van der Waals surface area contributed by atoms with E-state index in [0.29, 0.717) is 0 Å². The summed E-state index contributed by atoms with van der Waals surface area (Å²) in [5.74, 6) is -0.365. The molecule has 3 nitrogen and oxygen atoms in total. The maximum atomic E-state index is 11.6. The molecule has 0 saturated heterocycles. The number of rotatable bonds is 4. The molecule has 1 rings (SSSR count). The molecular weight excluding hydrogens is 226 g/mol. The van der Waals surface area contributed by atoms with E-state index in [1.165, 1.54) is 0 Å². The summed E-state index contributed by atoms with van der Waals surface area (Å²) >= 11 is 0. The van der Waals surface area contributed by atoms with Gasteiger partial charge in [-0.3, -0.25) is 0 Å². The first kappa shape index (κ1) is 14.9. The monoisotopic (exact) mass is 243 g/mol. The molecule has 90 valence electrons. The van der Waals surface area contributed by atoms with E-state index in [9.17, 15) is 4.79 Å².